The summed E-state index contributed by atoms with van der Waals surface area (Å²) in [5, 5.41) is 2.42. The lowest BCUT2D eigenvalue weighted by molar-refractivity contribution is -0.134. The van der Waals surface area contributed by atoms with Crippen LogP contribution in [0.1, 0.15) is 37.7 Å². The van der Waals surface area contributed by atoms with Crippen LogP contribution in [0, 0.1) is 5.92 Å². The van der Waals surface area contributed by atoms with Crippen molar-refractivity contribution in [2.75, 3.05) is 20.6 Å². The van der Waals surface area contributed by atoms with Crippen molar-refractivity contribution >= 4 is 16.7 Å². The maximum atomic E-state index is 13.1. The lowest BCUT2D eigenvalue weighted by Crippen LogP contribution is -2.58. The number of hydrogen-bond acceptors (Lipinski definition) is 2. The minimum atomic E-state index is 0.256. The van der Waals surface area contributed by atoms with Gasteiger partial charge in [-0.1, -0.05) is 48.9 Å². The van der Waals surface area contributed by atoms with Gasteiger partial charge in [0.25, 0.3) is 0 Å². The smallest absolute Gasteiger partial charge is 0.227 e. The van der Waals surface area contributed by atoms with Gasteiger partial charge in [0.2, 0.25) is 5.91 Å². The van der Waals surface area contributed by atoms with Crippen LogP contribution in [0.4, 0.5) is 0 Å². The second-order valence-corrected chi connectivity index (χ2v) is 8.19. The van der Waals surface area contributed by atoms with E-state index in [0.717, 1.165) is 17.9 Å². The highest BCUT2D eigenvalue weighted by Crippen LogP contribution is 2.36. The van der Waals surface area contributed by atoms with Gasteiger partial charge in [-0.15, -0.1) is 0 Å². The molecule has 26 heavy (non-hydrogen) atoms. The molecule has 3 atom stereocenters. The number of rotatable bonds is 3. The molecule has 0 bridgehead atoms. The fraction of sp³-hybridized carbons (Fsp3) is 0.522. The summed E-state index contributed by atoms with van der Waals surface area (Å²) >= 11 is 0. The van der Waals surface area contributed by atoms with Crippen molar-refractivity contribution in [3.05, 3.63) is 48.0 Å². The normalized spacial score (nSPS) is 26.5. The Morgan fingerprint density at radius 3 is 2.73 bits per heavy atom. The number of piperidine rings is 1. The van der Waals surface area contributed by atoms with Crippen molar-refractivity contribution in [1.82, 2.24) is 9.80 Å². The van der Waals surface area contributed by atoms with Crippen molar-refractivity contribution in [3.63, 3.8) is 0 Å². The van der Waals surface area contributed by atoms with E-state index in [1.165, 1.54) is 43.0 Å². The largest absolute Gasteiger partial charge is 0.341 e. The number of likely N-dealkylation sites (N-methyl/N-ethyl adjacent to an activating group) is 2. The number of hydrogen-bond donors (Lipinski definition) is 0. The Hall–Kier alpha value is -1.87. The average Bonchev–Trinajstić information content (AvgIpc) is 2.67. The Kier molecular flexibility index (Phi) is 4.99. The lowest BCUT2D eigenvalue weighted by atomic mass is 9.75. The molecule has 1 amide bonds. The molecule has 0 N–H and O–H groups in total. The van der Waals surface area contributed by atoms with Crippen LogP contribution >= 0.6 is 0 Å². The van der Waals surface area contributed by atoms with Crippen LogP contribution < -0.4 is 0 Å². The molecule has 2 aromatic carbocycles. The molecule has 3 heteroatoms. The molecule has 0 spiro atoms. The SMILES string of the molecule is CN1CCC[C@H]2CCC[C@H](N(C)C(=O)Cc3cccc4ccccc34)[C@H]21. The van der Waals surface area contributed by atoms with E-state index in [2.05, 4.69) is 59.3 Å². The summed E-state index contributed by atoms with van der Waals surface area (Å²) in [4.78, 5) is 17.7. The van der Waals surface area contributed by atoms with Crippen molar-refractivity contribution in [2.45, 2.75) is 50.6 Å². The van der Waals surface area contributed by atoms with E-state index >= 15 is 0 Å². The topological polar surface area (TPSA) is 23.6 Å². The molecule has 2 aliphatic rings. The Morgan fingerprint density at radius 2 is 1.85 bits per heavy atom. The fourth-order valence-electron chi connectivity index (χ4n) is 5.31. The zero-order valence-corrected chi connectivity index (χ0v) is 16.0. The molecule has 2 fully saturated rings. The molecular weight excluding hydrogens is 320 g/mol. The minimum absolute atomic E-state index is 0.256. The number of fused-ring (bicyclic) bond motifs is 2. The second kappa shape index (κ2) is 7.40. The van der Waals surface area contributed by atoms with Gasteiger partial charge in [0.05, 0.1) is 6.42 Å². The summed E-state index contributed by atoms with van der Waals surface area (Å²) < 4.78 is 0. The Morgan fingerprint density at radius 1 is 1.08 bits per heavy atom. The number of likely N-dealkylation sites (tertiary alicyclic amines) is 1. The maximum Gasteiger partial charge on any atom is 0.227 e. The van der Waals surface area contributed by atoms with Crippen molar-refractivity contribution in [2.24, 2.45) is 5.92 Å². The summed E-state index contributed by atoms with van der Waals surface area (Å²) in [6.07, 6.45) is 6.86. The molecule has 1 saturated carbocycles. The number of amides is 1. The standard InChI is InChI=1S/C23H30N2O/c1-24-15-7-12-18-10-6-14-21(23(18)24)25(2)22(26)16-19-11-5-9-17-8-3-4-13-20(17)19/h3-5,8-9,11,13,18,21,23H,6-7,10,12,14-16H2,1-2H3/t18-,21+,23+/m1/s1. The van der Waals surface area contributed by atoms with E-state index < -0.39 is 0 Å². The first-order valence-corrected chi connectivity index (χ1v) is 10.1. The number of benzene rings is 2. The molecule has 1 aliphatic carbocycles. The van der Waals surface area contributed by atoms with Gasteiger partial charge in [0.1, 0.15) is 0 Å². The highest BCUT2D eigenvalue weighted by molar-refractivity contribution is 5.90. The first-order chi connectivity index (χ1) is 12.6. The lowest BCUT2D eigenvalue weighted by Gasteiger charge is -2.49. The second-order valence-electron chi connectivity index (χ2n) is 8.19. The number of nitrogens with zero attached hydrogens (tertiary/aromatic N) is 2. The quantitative estimate of drug-likeness (QED) is 0.832. The van der Waals surface area contributed by atoms with E-state index in [-0.39, 0.29) is 5.91 Å². The van der Waals surface area contributed by atoms with Crippen LogP contribution in [0.15, 0.2) is 42.5 Å². The van der Waals surface area contributed by atoms with Gasteiger partial charge in [0.15, 0.2) is 0 Å². The average molecular weight is 351 g/mol. The third-order valence-corrected chi connectivity index (χ3v) is 6.66. The highest BCUT2D eigenvalue weighted by Gasteiger charge is 2.40. The van der Waals surface area contributed by atoms with Gasteiger partial charge < -0.3 is 9.80 Å². The molecule has 0 aromatic heterocycles. The Labute approximate surface area is 157 Å². The predicted octanol–water partition coefficient (Wildman–Crippen LogP) is 4.10. The van der Waals surface area contributed by atoms with Crippen LogP contribution in [0.25, 0.3) is 10.8 Å². The van der Waals surface area contributed by atoms with Crippen LogP contribution in [0.5, 0.6) is 0 Å². The third-order valence-electron chi connectivity index (χ3n) is 6.66. The predicted molar refractivity (Wildman–Crippen MR) is 107 cm³/mol. The molecular formula is C23H30N2O. The molecule has 0 unspecified atom stereocenters. The molecule has 0 radical (unpaired) electrons. The molecule has 3 nitrogen and oxygen atoms in total. The zero-order chi connectivity index (χ0) is 18.1. The van der Waals surface area contributed by atoms with Crippen LogP contribution in [-0.4, -0.2) is 48.4 Å². The van der Waals surface area contributed by atoms with E-state index in [9.17, 15) is 4.79 Å². The molecule has 1 heterocycles. The number of carbonyl (C=O) groups excluding carboxylic acids is 1. The zero-order valence-electron chi connectivity index (χ0n) is 16.0. The van der Waals surface area contributed by atoms with Gasteiger partial charge in [-0.2, -0.15) is 0 Å². The highest BCUT2D eigenvalue weighted by atomic mass is 16.2. The van der Waals surface area contributed by atoms with Crippen molar-refractivity contribution in [3.8, 4) is 0 Å². The van der Waals surface area contributed by atoms with Crippen LogP contribution in [-0.2, 0) is 11.2 Å². The molecule has 1 saturated heterocycles. The summed E-state index contributed by atoms with van der Waals surface area (Å²) in [7, 11) is 4.28. The minimum Gasteiger partial charge on any atom is -0.341 e. The van der Waals surface area contributed by atoms with Gasteiger partial charge in [-0.3, -0.25) is 4.79 Å². The fourth-order valence-corrected chi connectivity index (χ4v) is 5.31. The molecule has 2 aromatic rings. The number of carbonyl (C=O) groups is 1. The summed E-state index contributed by atoms with van der Waals surface area (Å²) in [5.41, 5.74) is 1.14. The summed E-state index contributed by atoms with van der Waals surface area (Å²) in [6, 6.07) is 15.6. The van der Waals surface area contributed by atoms with Crippen LogP contribution in [0.3, 0.4) is 0 Å². The van der Waals surface area contributed by atoms with E-state index in [0.29, 0.717) is 18.5 Å². The molecule has 4 rings (SSSR count). The third kappa shape index (κ3) is 3.25. The van der Waals surface area contributed by atoms with Gasteiger partial charge >= 0.3 is 0 Å². The van der Waals surface area contributed by atoms with Gasteiger partial charge in [-0.25, -0.2) is 0 Å². The van der Waals surface area contributed by atoms with Gasteiger partial charge in [-0.05, 0) is 61.5 Å². The van der Waals surface area contributed by atoms with E-state index in [1.54, 1.807) is 0 Å². The Bertz CT molecular complexity index is 779. The van der Waals surface area contributed by atoms with Crippen LogP contribution in [0.2, 0.25) is 0 Å². The summed E-state index contributed by atoms with van der Waals surface area (Å²) in [5.74, 6) is 1.02. The van der Waals surface area contributed by atoms with Crippen molar-refractivity contribution < 1.29 is 4.79 Å². The van der Waals surface area contributed by atoms with Crippen molar-refractivity contribution in [1.29, 1.82) is 0 Å². The summed E-state index contributed by atoms with van der Waals surface area (Å²) in [6.45, 7) is 1.17. The Balaban J connectivity index is 1.53. The maximum absolute atomic E-state index is 13.1. The van der Waals surface area contributed by atoms with Gasteiger partial charge in [0, 0.05) is 19.1 Å². The monoisotopic (exact) mass is 350 g/mol. The first kappa shape index (κ1) is 17.5. The first-order valence-electron chi connectivity index (χ1n) is 10.1. The van der Waals surface area contributed by atoms with E-state index in [1.807, 2.05) is 7.05 Å². The van der Waals surface area contributed by atoms with E-state index in [4.69, 9.17) is 0 Å². The molecule has 1 aliphatic heterocycles. The molecule has 138 valence electrons.